The van der Waals surface area contributed by atoms with Crippen LogP contribution in [0.4, 0.5) is 0 Å². The molecule has 0 bridgehead atoms. The third kappa shape index (κ3) is 2.96. The molecule has 1 saturated carbocycles. The second kappa shape index (κ2) is 5.13. The molecule has 0 amide bonds. The van der Waals surface area contributed by atoms with Crippen molar-refractivity contribution in [3.8, 4) is 0 Å². The van der Waals surface area contributed by atoms with Gasteiger partial charge in [-0.1, -0.05) is 19.3 Å². The van der Waals surface area contributed by atoms with Crippen molar-refractivity contribution in [2.75, 3.05) is 13.7 Å². The van der Waals surface area contributed by atoms with Gasteiger partial charge in [-0.3, -0.25) is 4.90 Å². The van der Waals surface area contributed by atoms with Crippen LogP contribution in [0.15, 0.2) is 0 Å². The molecule has 2 heteroatoms. The first-order chi connectivity index (χ1) is 6.58. The normalized spacial score (nSPS) is 20.4. The molecule has 84 valence electrons. The molecule has 0 saturated heterocycles. The summed E-state index contributed by atoms with van der Waals surface area (Å²) in [6.07, 6.45) is 7.72. The van der Waals surface area contributed by atoms with Gasteiger partial charge >= 0.3 is 0 Å². The molecular weight excluding hydrogens is 174 g/mol. The van der Waals surface area contributed by atoms with Crippen LogP contribution >= 0.6 is 0 Å². The predicted molar refractivity (Wildman–Crippen MR) is 60.4 cm³/mol. The van der Waals surface area contributed by atoms with Crippen LogP contribution in [0.3, 0.4) is 0 Å². The van der Waals surface area contributed by atoms with Crippen LogP contribution in [-0.4, -0.2) is 35.2 Å². The monoisotopic (exact) mass is 199 g/mol. The van der Waals surface area contributed by atoms with Gasteiger partial charge in [0.2, 0.25) is 0 Å². The van der Waals surface area contributed by atoms with Crippen LogP contribution in [0.1, 0.15) is 52.4 Å². The van der Waals surface area contributed by atoms with E-state index in [1.807, 2.05) is 0 Å². The second-order valence-corrected chi connectivity index (χ2v) is 5.19. The van der Waals surface area contributed by atoms with Gasteiger partial charge in [0.05, 0.1) is 0 Å². The molecule has 0 aromatic heterocycles. The maximum atomic E-state index is 9.02. The van der Waals surface area contributed by atoms with Crippen LogP contribution in [0.25, 0.3) is 0 Å². The Kier molecular flexibility index (Phi) is 4.39. The Balaban J connectivity index is 2.48. The molecule has 1 N–H and O–H groups in total. The molecule has 0 atom stereocenters. The Labute approximate surface area is 88.3 Å². The first-order valence-corrected chi connectivity index (χ1v) is 5.92. The minimum atomic E-state index is 0.150. The second-order valence-electron chi connectivity index (χ2n) is 5.19. The van der Waals surface area contributed by atoms with E-state index in [-0.39, 0.29) is 5.54 Å². The average molecular weight is 199 g/mol. The van der Waals surface area contributed by atoms with Crippen molar-refractivity contribution in [1.82, 2.24) is 4.90 Å². The molecular formula is C12H25NO. The van der Waals surface area contributed by atoms with E-state index in [4.69, 9.17) is 5.11 Å². The van der Waals surface area contributed by atoms with Gasteiger partial charge in [-0.25, -0.2) is 0 Å². The molecule has 1 rings (SSSR count). The number of rotatable bonds is 4. The summed E-state index contributed by atoms with van der Waals surface area (Å²) < 4.78 is 0. The quantitative estimate of drug-likeness (QED) is 0.751. The highest BCUT2D eigenvalue weighted by Gasteiger charge is 2.29. The van der Waals surface area contributed by atoms with Gasteiger partial charge in [-0.05, 0) is 40.2 Å². The van der Waals surface area contributed by atoms with Crippen molar-refractivity contribution in [2.45, 2.75) is 64.0 Å². The fourth-order valence-electron chi connectivity index (χ4n) is 2.41. The summed E-state index contributed by atoms with van der Waals surface area (Å²) in [6.45, 7) is 4.76. The lowest BCUT2D eigenvalue weighted by molar-refractivity contribution is 0.0573. The molecule has 1 aliphatic rings. The van der Waals surface area contributed by atoms with Crippen molar-refractivity contribution in [2.24, 2.45) is 0 Å². The van der Waals surface area contributed by atoms with Crippen LogP contribution < -0.4 is 0 Å². The first-order valence-electron chi connectivity index (χ1n) is 5.92. The topological polar surface area (TPSA) is 23.5 Å². The SMILES string of the molecule is CN(C1CCCCC1)C(C)(C)CCO. The highest BCUT2D eigenvalue weighted by Crippen LogP contribution is 2.28. The molecule has 0 aliphatic heterocycles. The lowest BCUT2D eigenvalue weighted by Crippen LogP contribution is -2.48. The standard InChI is InChI=1S/C12H25NO/c1-12(2,9-10-14)13(3)11-7-5-4-6-8-11/h11,14H,4-10H2,1-3H3. The Morgan fingerprint density at radius 2 is 1.79 bits per heavy atom. The molecule has 1 fully saturated rings. The van der Waals surface area contributed by atoms with E-state index < -0.39 is 0 Å². The van der Waals surface area contributed by atoms with Gasteiger partial charge in [0.15, 0.2) is 0 Å². The van der Waals surface area contributed by atoms with Gasteiger partial charge in [0.1, 0.15) is 0 Å². The Morgan fingerprint density at radius 3 is 2.29 bits per heavy atom. The lowest BCUT2D eigenvalue weighted by atomic mass is 9.89. The van der Waals surface area contributed by atoms with Gasteiger partial charge in [-0.15, -0.1) is 0 Å². The van der Waals surface area contributed by atoms with Crippen LogP contribution in [0.2, 0.25) is 0 Å². The van der Waals surface area contributed by atoms with E-state index >= 15 is 0 Å². The van der Waals surface area contributed by atoms with Crippen LogP contribution in [0.5, 0.6) is 0 Å². The maximum absolute atomic E-state index is 9.02. The molecule has 0 spiro atoms. The number of aliphatic hydroxyl groups excluding tert-OH is 1. The van der Waals surface area contributed by atoms with Crippen molar-refractivity contribution in [3.05, 3.63) is 0 Å². The van der Waals surface area contributed by atoms with E-state index in [0.29, 0.717) is 6.61 Å². The summed E-state index contributed by atoms with van der Waals surface area (Å²) in [5.41, 5.74) is 0.150. The third-order valence-corrected chi connectivity index (χ3v) is 3.80. The fraction of sp³-hybridized carbons (Fsp3) is 1.00. The highest BCUT2D eigenvalue weighted by atomic mass is 16.3. The minimum absolute atomic E-state index is 0.150. The lowest BCUT2D eigenvalue weighted by Gasteiger charge is -2.42. The zero-order chi connectivity index (χ0) is 10.6. The van der Waals surface area contributed by atoms with E-state index in [0.717, 1.165) is 12.5 Å². The fourth-order valence-corrected chi connectivity index (χ4v) is 2.41. The number of hydrogen-bond donors (Lipinski definition) is 1. The smallest absolute Gasteiger partial charge is 0.0448 e. The Bertz CT molecular complexity index is 162. The molecule has 14 heavy (non-hydrogen) atoms. The summed E-state index contributed by atoms with van der Waals surface area (Å²) in [7, 11) is 2.21. The zero-order valence-electron chi connectivity index (χ0n) is 9.92. The van der Waals surface area contributed by atoms with Crippen molar-refractivity contribution in [1.29, 1.82) is 0 Å². The van der Waals surface area contributed by atoms with Gasteiger partial charge < -0.3 is 5.11 Å². The van der Waals surface area contributed by atoms with E-state index in [9.17, 15) is 0 Å². The summed E-state index contributed by atoms with van der Waals surface area (Å²) in [5.74, 6) is 0. The Hall–Kier alpha value is -0.0800. The minimum Gasteiger partial charge on any atom is -0.396 e. The summed E-state index contributed by atoms with van der Waals surface area (Å²) >= 11 is 0. The summed E-state index contributed by atoms with van der Waals surface area (Å²) in [6, 6.07) is 0.741. The molecule has 0 aromatic carbocycles. The van der Waals surface area contributed by atoms with E-state index in [2.05, 4.69) is 25.8 Å². The summed E-state index contributed by atoms with van der Waals surface area (Å²) in [5, 5.41) is 9.02. The van der Waals surface area contributed by atoms with Crippen LogP contribution in [-0.2, 0) is 0 Å². The molecule has 0 heterocycles. The highest BCUT2D eigenvalue weighted by molar-refractivity contribution is 4.85. The van der Waals surface area contributed by atoms with E-state index in [1.54, 1.807) is 0 Å². The first kappa shape index (κ1) is 12.0. The maximum Gasteiger partial charge on any atom is 0.0448 e. The van der Waals surface area contributed by atoms with Gasteiger partial charge in [-0.2, -0.15) is 0 Å². The third-order valence-electron chi connectivity index (χ3n) is 3.80. The van der Waals surface area contributed by atoms with Crippen LogP contribution in [0, 0.1) is 0 Å². The zero-order valence-corrected chi connectivity index (χ0v) is 9.92. The largest absolute Gasteiger partial charge is 0.396 e. The van der Waals surface area contributed by atoms with Crippen molar-refractivity contribution < 1.29 is 5.11 Å². The average Bonchev–Trinajstić information content (AvgIpc) is 2.18. The molecule has 0 radical (unpaired) electrons. The Morgan fingerprint density at radius 1 is 1.21 bits per heavy atom. The van der Waals surface area contributed by atoms with Crippen molar-refractivity contribution in [3.63, 3.8) is 0 Å². The molecule has 0 unspecified atom stereocenters. The molecule has 1 aliphatic carbocycles. The van der Waals surface area contributed by atoms with Crippen molar-refractivity contribution >= 4 is 0 Å². The van der Waals surface area contributed by atoms with E-state index in [1.165, 1.54) is 32.1 Å². The number of aliphatic hydroxyl groups is 1. The summed E-state index contributed by atoms with van der Waals surface area (Å²) in [4.78, 5) is 2.47. The number of nitrogens with zero attached hydrogens (tertiary/aromatic N) is 1. The molecule has 2 nitrogen and oxygen atoms in total. The van der Waals surface area contributed by atoms with Gasteiger partial charge in [0.25, 0.3) is 0 Å². The molecule has 0 aromatic rings. The number of hydrogen-bond acceptors (Lipinski definition) is 2. The van der Waals surface area contributed by atoms with Gasteiger partial charge in [0, 0.05) is 18.2 Å². The predicted octanol–water partition coefficient (Wildman–Crippen LogP) is 2.41.